The van der Waals surface area contributed by atoms with Crippen molar-refractivity contribution in [1.29, 1.82) is 0 Å². The van der Waals surface area contributed by atoms with E-state index in [0.717, 1.165) is 39.2 Å². The molecular formula is C14H29NO3. The van der Waals surface area contributed by atoms with Crippen molar-refractivity contribution in [2.24, 2.45) is 5.92 Å². The summed E-state index contributed by atoms with van der Waals surface area (Å²) in [5, 5.41) is 3.51. The van der Waals surface area contributed by atoms with Crippen LogP contribution in [0.5, 0.6) is 0 Å². The minimum absolute atomic E-state index is 0.210. The zero-order valence-electron chi connectivity index (χ0n) is 12.3. The second kappa shape index (κ2) is 8.86. The van der Waals surface area contributed by atoms with Crippen LogP contribution in [0.15, 0.2) is 0 Å². The Morgan fingerprint density at radius 2 is 2.11 bits per heavy atom. The van der Waals surface area contributed by atoms with Crippen LogP contribution < -0.4 is 5.32 Å². The summed E-state index contributed by atoms with van der Waals surface area (Å²) >= 11 is 0. The van der Waals surface area contributed by atoms with Gasteiger partial charge < -0.3 is 19.5 Å². The molecule has 3 atom stereocenters. The Morgan fingerprint density at radius 3 is 2.72 bits per heavy atom. The molecule has 0 aromatic rings. The predicted molar refractivity (Wildman–Crippen MR) is 72.9 cm³/mol. The summed E-state index contributed by atoms with van der Waals surface area (Å²) in [4.78, 5) is 0. The van der Waals surface area contributed by atoms with Crippen molar-refractivity contribution in [2.45, 2.75) is 51.9 Å². The van der Waals surface area contributed by atoms with Gasteiger partial charge in [0.25, 0.3) is 0 Å². The van der Waals surface area contributed by atoms with Gasteiger partial charge in [0, 0.05) is 33.0 Å². The lowest BCUT2D eigenvalue weighted by Crippen LogP contribution is -2.59. The molecule has 0 amide bonds. The van der Waals surface area contributed by atoms with Gasteiger partial charge in [0.1, 0.15) is 0 Å². The van der Waals surface area contributed by atoms with Crippen LogP contribution in [-0.4, -0.2) is 51.7 Å². The number of methoxy groups -OCH3 is 1. The van der Waals surface area contributed by atoms with E-state index in [1.54, 1.807) is 7.11 Å². The second-order valence-corrected chi connectivity index (χ2v) is 5.31. The Labute approximate surface area is 111 Å². The van der Waals surface area contributed by atoms with Crippen molar-refractivity contribution >= 4 is 0 Å². The normalized spacial score (nSPS) is 27.5. The second-order valence-electron chi connectivity index (χ2n) is 5.31. The van der Waals surface area contributed by atoms with Gasteiger partial charge in [-0.15, -0.1) is 0 Å². The largest absolute Gasteiger partial charge is 0.381 e. The van der Waals surface area contributed by atoms with Gasteiger partial charge in [-0.05, 0) is 32.2 Å². The van der Waals surface area contributed by atoms with Gasteiger partial charge in [0.2, 0.25) is 0 Å². The van der Waals surface area contributed by atoms with Crippen LogP contribution in [0.25, 0.3) is 0 Å². The summed E-state index contributed by atoms with van der Waals surface area (Å²) in [6, 6.07) is 0.441. The van der Waals surface area contributed by atoms with E-state index >= 15 is 0 Å². The zero-order valence-corrected chi connectivity index (χ0v) is 12.3. The predicted octanol–water partition coefficient (Wildman–Crippen LogP) is 1.83. The molecule has 1 N–H and O–H groups in total. The molecule has 1 aliphatic rings. The first-order chi connectivity index (χ1) is 8.69. The number of nitrogens with one attached hydrogen (secondary N) is 1. The van der Waals surface area contributed by atoms with E-state index in [2.05, 4.69) is 19.2 Å². The van der Waals surface area contributed by atoms with E-state index in [1.807, 2.05) is 6.92 Å². The first-order valence-corrected chi connectivity index (χ1v) is 7.14. The lowest BCUT2D eigenvalue weighted by molar-refractivity contribution is -0.131. The van der Waals surface area contributed by atoms with Gasteiger partial charge in [-0.2, -0.15) is 0 Å². The molecule has 1 saturated carbocycles. The van der Waals surface area contributed by atoms with Crippen LogP contribution in [0.1, 0.15) is 33.6 Å². The monoisotopic (exact) mass is 259 g/mol. The van der Waals surface area contributed by atoms with Gasteiger partial charge in [-0.25, -0.2) is 0 Å². The fraction of sp³-hybridized carbons (Fsp3) is 1.00. The summed E-state index contributed by atoms with van der Waals surface area (Å²) in [7, 11) is 1.76. The van der Waals surface area contributed by atoms with E-state index in [0.29, 0.717) is 12.0 Å². The molecule has 1 rings (SSSR count). The van der Waals surface area contributed by atoms with Gasteiger partial charge >= 0.3 is 0 Å². The third-order valence-corrected chi connectivity index (χ3v) is 3.23. The van der Waals surface area contributed by atoms with E-state index in [-0.39, 0.29) is 12.2 Å². The lowest BCUT2D eigenvalue weighted by Gasteiger charge is -2.43. The zero-order chi connectivity index (χ0) is 13.4. The van der Waals surface area contributed by atoms with Gasteiger partial charge in [-0.1, -0.05) is 13.8 Å². The Kier molecular flexibility index (Phi) is 7.82. The van der Waals surface area contributed by atoms with Crippen LogP contribution in [0.4, 0.5) is 0 Å². The highest BCUT2D eigenvalue weighted by Gasteiger charge is 2.41. The molecule has 0 heterocycles. The third kappa shape index (κ3) is 5.22. The highest BCUT2D eigenvalue weighted by Crippen LogP contribution is 2.26. The molecule has 0 radical (unpaired) electrons. The SMILES string of the molecule is CCOC1CC(NCCCOCC(C)C)C1OC. The third-order valence-electron chi connectivity index (χ3n) is 3.23. The number of hydrogen-bond donors (Lipinski definition) is 1. The summed E-state index contributed by atoms with van der Waals surface area (Å²) in [5.74, 6) is 0.620. The molecule has 0 spiro atoms. The highest BCUT2D eigenvalue weighted by molar-refractivity contribution is 4.96. The summed E-state index contributed by atoms with van der Waals surface area (Å²) in [6.45, 7) is 9.82. The van der Waals surface area contributed by atoms with Crippen LogP contribution in [0, 0.1) is 5.92 Å². The number of hydrogen-bond acceptors (Lipinski definition) is 4. The molecule has 0 bridgehead atoms. The highest BCUT2D eigenvalue weighted by atomic mass is 16.5. The Bertz CT molecular complexity index is 211. The van der Waals surface area contributed by atoms with E-state index in [9.17, 15) is 0 Å². The van der Waals surface area contributed by atoms with Crippen molar-refractivity contribution in [1.82, 2.24) is 5.32 Å². The molecule has 0 aromatic heterocycles. The molecule has 0 aliphatic heterocycles. The minimum atomic E-state index is 0.210. The Hall–Kier alpha value is -0.160. The molecule has 1 aliphatic carbocycles. The van der Waals surface area contributed by atoms with Gasteiger partial charge in [0.15, 0.2) is 0 Å². The molecule has 0 saturated heterocycles. The van der Waals surface area contributed by atoms with Crippen molar-refractivity contribution in [3.05, 3.63) is 0 Å². The average Bonchev–Trinajstić information content (AvgIpc) is 2.30. The lowest BCUT2D eigenvalue weighted by atomic mass is 9.85. The minimum Gasteiger partial charge on any atom is -0.381 e. The maximum atomic E-state index is 5.59. The van der Waals surface area contributed by atoms with Crippen LogP contribution in [-0.2, 0) is 14.2 Å². The molecule has 0 aromatic carbocycles. The number of rotatable bonds is 10. The molecule has 18 heavy (non-hydrogen) atoms. The molecule has 4 nitrogen and oxygen atoms in total. The molecular weight excluding hydrogens is 230 g/mol. The van der Waals surface area contributed by atoms with Crippen molar-refractivity contribution in [3.8, 4) is 0 Å². The molecule has 108 valence electrons. The van der Waals surface area contributed by atoms with Gasteiger partial charge in [0.05, 0.1) is 12.2 Å². The molecule has 1 fully saturated rings. The van der Waals surface area contributed by atoms with Crippen molar-refractivity contribution < 1.29 is 14.2 Å². The molecule has 3 unspecified atom stereocenters. The Balaban J connectivity index is 2.00. The maximum Gasteiger partial charge on any atom is 0.0986 e. The first kappa shape index (κ1) is 15.9. The summed E-state index contributed by atoms with van der Waals surface area (Å²) < 4.78 is 16.6. The van der Waals surface area contributed by atoms with Crippen molar-refractivity contribution in [3.63, 3.8) is 0 Å². The molecule has 4 heteroatoms. The van der Waals surface area contributed by atoms with Crippen LogP contribution in [0.3, 0.4) is 0 Å². The summed E-state index contributed by atoms with van der Waals surface area (Å²) in [6.07, 6.45) is 2.59. The Morgan fingerprint density at radius 1 is 1.33 bits per heavy atom. The van der Waals surface area contributed by atoms with Crippen LogP contribution in [0.2, 0.25) is 0 Å². The van der Waals surface area contributed by atoms with E-state index < -0.39 is 0 Å². The maximum absolute atomic E-state index is 5.59. The summed E-state index contributed by atoms with van der Waals surface area (Å²) in [5.41, 5.74) is 0. The average molecular weight is 259 g/mol. The van der Waals surface area contributed by atoms with Gasteiger partial charge in [-0.3, -0.25) is 0 Å². The van der Waals surface area contributed by atoms with E-state index in [1.165, 1.54) is 0 Å². The number of ether oxygens (including phenoxy) is 3. The van der Waals surface area contributed by atoms with E-state index in [4.69, 9.17) is 14.2 Å². The fourth-order valence-corrected chi connectivity index (χ4v) is 2.25. The standard InChI is InChI=1S/C14H29NO3/c1-5-18-13-9-12(14(13)16-4)15-7-6-8-17-10-11(2)3/h11-15H,5-10H2,1-4H3. The topological polar surface area (TPSA) is 39.7 Å². The fourth-order valence-electron chi connectivity index (χ4n) is 2.25. The van der Waals surface area contributed by atoms with Crippen LogP contribution >= 0.6 is 0 Å². The van der Waals surface area contributed by atoms with Crippen molar-refractivity contribution in [2.75, 3.05) is 33.5 Å². The smallest absolute Gasteiger partial charge is 0.0986 e. The quantitative estimate of drug-likeness (QED) is 0.608. The first-order valence-electron chi connectivity index (χ1n) is 7.14.